The highest BCUT2D eigenvalue weighted by Crippen LogP contribution is 2.43. The van der Waals surface area contributed by atoms with Crippen molar-refractivity contribution >= 4 is 22.8 Å². The molecule has 1 aromatic carbocycles. The van der Waals surface area contributed by atoms with Gasteiger partial charge in [-0.15, -0.1) is 5.10 Å². The van der Waals surface area contributed by atoms with Crippen molar-refractivity contribution in [3.8, 4) is 11.5 Å². The molecule has 2 N–H and O–H groups in total. The van der Waals surface area contributed by atoms with E-state index in [1.165, 1.54) is 32.1 Å². The van der Waals surface area contributed by atoms with Crippen molar-refractivity contribution in [2.45, 2.75) is 51.0 Å². The molecule has 9 nitrogen and oxygen atoms in total. The van der Waals surface area contributed by atoms with Gasteiger partial charge in [-0.2, -0.15) is 5.21 Å². The lowest BCUT2D eigenvalue weighted by atomic mass is 9.70. The molecule has 3 atom stereocenters. The number of methoxy groups -OCH3 is 1. The summed E-state index contributed by atoms with van der Waals surface area (Å²) in [7, 11) is 1.61. The normalized spacial score (nSPS) is 23.7. The molecule has 2 aromatic heterocycles. The number of furan rings is 1. The molecule has 2 fully saturated rings. The Balaban J connectivity index is 1.45. The highest BCUT2D eigenvalue weighted by molar-refractivity contribution is 6.07. The Labute approximate surface area is 173 Å². The van der Waals surface area contributed by atoms with E-state index in [4.69, 9.17) is 13.9 Å². The first-order valence-corrected chi connectivity index (χ1v) is 10.5. The number of anilines is 1. The van der Waals surface area contributed by atoms with Crippen LogP contribution in [0.2, 0.25) is 0 Å². The van der Waals surface area contributed by atoms with E-state index < -0.39 is 5.91 Å². The van der Waals surface area contributed by atoms with Gasteiger partial charge in [-0.3, -0.25) is 10.1 Å². The lowest BCUT2D eigenvalue weighted by Gasteiger charge is -2.39. The molecular formula is C21H25N5O4. The number of rotatable bonds is 5. The summed E-state index contributed by atoms with van der Waals surface area (Å²) >= 11 is 0. The van der Waals surface area contributed by atoms with Crippen molar-refractivity contribution in [3.63, 3.8) is 0 Å². The van der Waals surface area contributed by atoms with Crippen molar-refractivity contribution in [2.24, 2.45) is 11.8 Å². The van der Waals surface area contributed by atoms with Crippen molar-refractivity contribution in [1.82, 2.24) is 20.6 Å². The van der Waals surface area contributed by atoms with Crippen LogP contribution in [0.4, 0.5) is 5.95 Å². The van der Waals surface area contributed by atoms with Crippen molar-refractivity contribution in [3.05, 3.63) is 24.0 Å². The zero-order valence-corrected chi connectivity index (χ0v) is 16.9. The highest BCUT2D eigenvalue weighted by Gasteiger charge is 2.34. The largest absolute Gasteiger partial charge is 0.497 e. The number of nitrogens with one attached hydrogen (secondary N) is 2. The molecule has 0 bridgehead atoms. The van der Waals surface area contributed by atoms with Crippen LogP contribution in [-0.4, -0.2) is 39.7 Å². The molecule has 3 aromatic rings. The maximum Gasteiger partial charge on any atom is 0.297 e. The summed E-state index contributed by atoms with van der Waals surface area (Å²) in [4.78, 5) is 12.9. The fourth-order valence-electron chi connectivity index (χ4n) is 4.92. The highest BCUT2D eigenvalue weighted by atomic mass is 16.5. The van der Waals surface area contributed by atoms with Crippen LogP contribution in [0.5, 0.6) is 11.5 Å². The van der Waals surface area contributed by atoms with E-state index in [1.807, 2.05) is 6.07 Å². The minimum Gasteiger partial charge on any atom is -0.497 e. The van der Waals surface area contributed by atoms with Crippen LogP contribution in [0.15, 0.2) is 22.6 Å². The van der Waals surface area contributed by atoms with Gasteiger partial charge in [0.1, 0.15) is 11.3 Å². The number of benzene rings is 1. The molecule has 5 rings (SSSR count). The lowest BCUT2D eigenvalue weighted by molar-refractivity contribution is 0.0637. The van der Waals surface area contributed by atoms with E-state index >= 15 is 0 Å². The second-order valence-corrected chi connectivity index (χ2v) is 8.17. The Hall–Kier alpha value is -3.10. The predicted octanol–water partition coefficient (Wildman–Crippen LogP) is 3.94. The van der Waals surface area contributed by atoms with Gasteiger partial charge in [0, 0.05) is 0 Å². The summed E-state index contributed by atoms with van der Waals surface area (Å²) in [5.74, 6) is 2.36. The summed E-state index contributed by atoms with van der Waals surface area (Å²) in [6.07, 6.45) is 8.51. The molecule has 1 amide bonds. The molecule has 9 heteroatoms. The monoisotopic (exact) mass is 411 g/mol. The molecule has 2 saturated carbocycles. The fourth-order valence-corrected chi connectivity index (χ4v) is 4.92. The number of nitrogens with zero attached hydrogens (tertiary/aromatic N) is 3. The second kappa shape index (κ2) is 7.97. The fraction of sp³-hybridized carbons (Fsp3) is 0.524. The third-order valence-corrected chi connectivity index (χ3v) is 6.40. The Morgan fingerprint density at radius 1 is 1.20 bits per heavy atom. The molecule has 2 heterocycles. The summed E-state index contributed by atoms with van der Waals surface area (Å²) in [5, 5.41) is 16.6. The van der Waals surface area contributed by atoms with Gasteiger partial charge in [0.25, 0.3) is 11.9 Å². The number of carbonyl (C=O) groups is 1. The minimum absolute atomic E-state index is 0.0630. The van der Waals surface area contributed by atoms with Gasteiger partial charge in [0.05, 0.1) is 18.6 Å². The third kappa shape index (κ3) is 3.59. The van der Waals surface area contributed by atoms with Crippen molar-refractivity contribution < 1.29 is 18.7 Å². The first-order valence-electron chi connectivity index (χ1n) is 10.5. The van der Waals surface area contributed by atoms with Crippen LogP contribution in [-0.2, 0) is 0 Å². The molecule has 2 aliphatic rings. The summed E-state index contributed by atoms with van der Waals surface area (Å²) in [5.41, 5.74) is 0.565. The van der Waals surface area contributed by atoms with E-state index in [0.717, 1.165) is 24.1 Å². The van der Waals surface area contributed by atoms with Gasteiger partial charge in [0.2, 0.25) is 5.76 Å². The standard InChI is InChI=1S/C21H25N5O4/c1-28-14-8-9-17-16(11-14)18(19(30-17)20(27)22-21-23-25-26-24-21)29-15-7-6-12-4-2-3-5-13(12)10-15/h8-9,11-13,15H,2-7,10H2,1H3,(H2,22,23,24,25,26,27). The quantitative estimate of drug-likeness (QED) is 0.653. The molecule has 2 aliphatic carbocycles. The van der Waals surface area contributed by atoms with Gasteiger partial charge >= 0.3 is 0 Å². The number of H-pyrrole nitrogens is 1. The minimum atomic E-state index is -0.479. The topological polar surface area (TPSA) is 115 Å². The average molecular weight is 411 g/mol. The van der Waals surface area contributed by atoms with Crippen LogP contribution in [0.25, 0.3) is 11.0 Å². The van der Waals surface area contributed by atoms with Crippen LogP contribution in [0, 0.1) is 11.8 Å². The van der Waals surface area contributed by atoms with Gasteiger partial charge in [-0.25, -0.2) is 0 Å². The SMILES string of the molecule is COc1ccc2oc(C(=O)Nc3nn[nH]n3)c(OC3CCC4CCCCC4C3)c2c1. The summed E-state index contributed by atoms with van der Waals surface area (Å²) in [6.45, 7) is 0. The Morgan fingerprint density at radius 3 is 2.87 bits per heavy atom. The molecule has 0 aliphatic heterocycles. The summed E-state index contributed by atoms with van der Waals surface area (Å²) < 4.78 is 17.7. The first-order chi connectivity index (χ1) is 14.7. The van der Waals surface area contributed by atoms with Gasteiger partial charge in [-0.1, -0.05) is 30.8 Å². The zero-order valence-electron chi connectivity index (χ0n) is 16.9. The van der Waals surface area contributed by atoms with Gasteiger partial charge in [-0.05, 0) is 54.5 Å². The molecule has 30 heavy (non-hydrogen) atoms. The summed E-state index contributed by atoms with van der Waals surface area (Å²) in [6, 6.07) is 5.42. The lowest BCUT2D eigenvalue weighted by Crippen LogP contribution is -2.33. The molecule has 0 spiro atoms. The van der Waals surface area contributed by atoms with E-state index in [9.17, 15) is 4.79 Å². The molecular weight excluding hydrogens is 386 g/mol. The number of hydrogen-bond donors (Lipinski definition) is 2. The molecule has 3 unspecified atom stereocenters. The maximum atomic E-state index is 12.9. The van der Waals surface area contributed by atoms with Gasteiger partial charge in [0.15, 0.2) is 5.75 Å². The zero-order chi connectivity index (χ0) is 20.5. The number of hydrogen-bond acceptors (Lipinski definition) is 7. The predicted molar refractivity (Wildman–Crippen MR) is 109 cm³/mol. The van der Waals surface area contributed by atoms with Crippen LogP contribution < -0.4 is 14.8 Å². The average Bonchev–Trinajstić information content (AvgIpc) is 3.41. The number of aromatic amines is 1. The van der Waals surface area contributed by atoms with Crippen molar-refractivity contribution in [1.29, 1.82) is 0 Å². The number of aromatic nitrogens is 4. The van der Waals surface area contributed by atoms with Crippen LogP contribution in [0.3, 0.4) is 0 Å². The van der Waals surface area contributed by atoms with E-state index in [-0.39, 0.29) is 17.8 Å². The van der Waals surface area contributed by atoms with Crippen LogP contribution in [0.1, 0.15) is 55.5 Å². The number of tetrazole rings is 1. The Morgan fingerprint density at radius 2 is 2.07 bits per heavy atom. The van der Waals surface area contributed by atoms with E-state index in [2.05, 4.69) is 25.9 Å². The van der Waals surface area contributed by atoms with Gasteiger partial charge < -0.3 is 13.9 Å². The number of ether oxygens (including phenoxy) is 2. The van der Waals surface area contributed by atoms with Crippen molar-refractivity contribution in [2.75, 3.05) is 12.4 Å². The van der Waals surface area contributed by atoms with E-state index in [1.54, 1.807) is 19.2 Å². The molecule has 0 radical (unpaired) electrons. The second-order valence-electron chi connectivity index (χ2n) is 8.17. The maximum absolute atomic E-state index is 12.9. The Bertz CT molecular complexity index is 1030. The smallest absolute Gasteiger partial charge is 0.297 e. The van der Waals surface area contributed by atoms with Crippen LogP contribution >= 0.6 is 0 Å². The molecule has 0 saturated heterocycles. The third-order valence-electron chi connectivity index (χ3n) is 6.40. The Kier molecular flexibility index (Phi) is 5.02. The molecule has 158 valence electrons. The number of carbonyl (C=O) groups excluding carboxylic acids is 1. The first kappa shape index (κ1) is 18.9. The number of fused-ring (bicyclic) bond motifs is 2. The number of amides is 1. The van der Waals surface area contributed by atoms with E-state index in [0.29, 0.717) is 23.0 Å².